The van der Waals surface area contributed by atoms with Crippen molar-refractivity contribution in [1.29, 1.82) is 0 Å². The van der Waals surface area contributed by atoms with Crippen molar-refractivity contribution >= 4 is 17.2 Å². The summed E-state index contributed by atoms with van der Waals surface area (Å²) in [6.07, 6.45) is 2.35. The fourth-order valence-corrected chi connectivity index (χ4v) is 3.37. The highest BCUT2D eigenvalue weighted by Crippen LogP contribution is 2.43. The average molecular weight is 303 g/mol. The van der Waals surface area contributed by atoms with Crippen LogP contribution in [0.1, 0.15) is 28.2 Å². The predicted octanol–water partition coefficient (Wildman–Crippen LogP) is 5.92. The summed E-state index contributed by atoms with van der Waals surface area (Å²) in [4.78, 5) is 0. The molecule has 3 aromatic rings. The van der Waals surface area contributed by atoms with Gasteiger partial charge in [-0.3, -0.25) is 0 Å². The fourth-order valence-electron chi connectivity index (χ4n) is 3.19. The summed E-state index contributed by atoms with van der Waals surface area (Å²) in [7, 11) is 0. The van der Waals surface area contributed by atoms with Gasteiger partial charge in [-0.25, -0.2) is 0 Å². The number of allylic oxidation sites excluding steroid dienone is 1. The standard InChI is InChI=1S/C21H15Cl/c22-17-11-12-18-19(15-7-3-1-4-8-15)14-20(21(18)13-17)16-9-5-2-6-10-16/h1-14,20H. The minimum Gasteiger partial charge on any atom is -0.0843 e. The van der Waals surface area contributed by atoms with Crippen LogP contribution in [0.3, 0.4) is 0 Å². The number of hydrogen-bond acceptors (Lipinski definition) is 0. The highest BCUT2D eigenvalue weighted by atomic mass is 35.5. The lowest BCUT2D eigenvalue weighted by molar-refractivity contribution is 1.05. The Kier molecular flexibility index (Phi) is 3.32. The summed E-state index contributed by atoms with van der Waals surface area (Å²) in [5.74, 6) is 0.269. The van der Waals surface area contributed by atoms with Gasteiger partial charge < -0.3 is 0 Å². The van der Waals surface area contributed by atoms with Crippen LogP contribution in [-0.2, 0) is 0 Å². The molecule has 0 fully saturated rings. The van der Waals surface area contributed by atoms with Crippen LogP contribution in [0.2, 0.25) is 5.02 Å². The number of fused-ring (bicyclic) bond motifs is 1. The Morgan fingerprint density at radius 1 is 0.727 bits per heavy atom. The lowest BCUT2D eigenvalue weighted by Crippen LogP contribution is -1.95. The van der Waals surface area contributed by atoms with Crippen molar-refractivity contribution in [3.63, 3.8) is 0 Å². The first-order valence-corrected chi connectivity index (χ1v) is 7.83. The molecule has 22 heavy (non-hydrogen) atoms. The lowest BCUT2D eigenvalue weighted by Gasteiger charge is -2.11. The monoisotopic (exact) mass is 302 g/mol. The van der Waals surface area contributed by atoms with Gasteiger partial charge in [0, 0.05) is 10.9 Å². The molecule has 0 nitrogen and oxygen atoms in total. The van der Waals surface area contributed by atoms with Crippen LogP contribution in [0, 0.1) is 0 Å². The van der Waals surface area contributed by atoms with Crippen molar-refractivity contribution in [3.8, 4) is 0 Å². The predicted molar refractivity (Wildman–Crippen MR) is 93.3 cm³/mol. The van der Waals surface area contributed by atoms with Crippen molar-refractivity contribution in [2.75, 3.05) is 0 Å². The molecule has 1 heteroatoms. The minimum absolute atomic E-state index is 0.269. The molecule has 1 unspecified atom stereocenters. The van der Waals surface area contributed by atoms with Gasteiger partial charge in [0.25, 0.3) is 0 Å². The Hall–Kier alpha value is -2.31. The molecule has 0 spiro atoms. The summed E-state index contributed by atoms with van der Waals surface area (Å²) in [5, 5.41) is 0.794. The third kappa shape index (κ3) is 2.26. The number of rotatable bonds is 2. The molecular weight excluding hydrogens is 288 g/mol. The first-order chi connectivity index (χ1) is 10.8. The zero-order chi connectivity index (χ0) is 14.9. The van der Waals surface area contributed by atoms with E-state index in [2.05, 4.69) is 78.9 Å². The van der Waals surface area contributed by atoms with Gasteiger partial charge in [-0.05, 0) is 40.0 Å². The average Bonchev–Trinajstić information content (AvgIpc) is 2.95. The number of hydrogen-bond donors (Lipinski definition) is 0. The van der Waals surface area contributed by atoms with Crippen molar-refractivity contribution in [2.24, 2.45) is 0 Å². The Balaban J connectivity index is 1.90. The fraction of sp³-hybridized carbons (Fsp3) is 0.0476. The Bertz CT molecular complexity index is 832. The SMILES string of the molecule is Clc1ccc2c(c1)C(c1ccccc1)C=C2c1ccccc1. The first-order valence-electron chi connectivity index (χ1n) is 7.45. The van der Waals surface area contributed by atoms with Crippen LogP contribution in [0.5, 0.6) is 0 Å². The highest BCUT2D eigenvalue weighted by Gasteiger charge is 2.25. The van der Waals surface area contributed by atoms with Gasteiger partial charge in [0.2, 0.25) is 0 Å². The van der Waals surface area contributed by atoms with E-state index in [9.17, 15) is 0 Å². The van der Waals surface area contributed by atoms with E-state index in [1.54, 1.807) is 0 Å². The molecule has 4 rings (SSSR count). The molecule has 0 heterocycles. The smallest absolute Gasteiger partial charge is 0.0409 e. The van der Waals surface area contributed by atoms with Crippen LogP contribution in [0.4, 0.5) is 0 Å². The molecular formula is C21H15Cl. The van der Waals surface area contributed by atoms with Crippen LogP contribution in [-0.4, -0.2) is 0 Å². The number of halogens is 1. The van der Waals surface area contributed by atoms with Crippen LogP contribution >= 0.6 is 11.6 Å². The minimum atomic E-state index is 0.269. The maximum absolute atomic E-state index is 6.25. The molecule has 0 saturated heterocycles. The topological polar surface area (TPSA) is 0 Å². The summed E-state index contributed by atoms with van der Waals surface area (Å²) < 4.78 is 0. The molecule has 106 valence electrons. The van der Waals surface area contributed by atoms with E-state index in [0.717, 1.165) is 5.02 Å². The van der Waals surface area contributed by atoms with Gasteiger partial charge >= 0.3 is 0 Å². The Morgan fingerprint density at radius 3 is 2.14 bits per heavy atom. The van der Waals surface area contributed by atoms with E-state index < -0.39 is 0 Å². The van der Waals surface area contributed by atoms with E-state index in [-0.39, 0.29) is 5.92 Å². The van der Waals surface area contributed by atoms with Crippen molar-refractivity contribution in [3.05, 3.63) is 112 Å². The summed E-state index contributed by atoms with van der Waals surface area (Å²) in [6.45, 7) is 0. The molecule has 0 aliphatic heterocycles. The lowest BCUT2D eigenvalue weighted by atomic mass is 9.93. The zero-order valence-electron chi connectivity index (χ0n) is 12.0. The van der Waals surface area contributed by atoms with Crippen molar-refractivity contribution in [2.45, 2.75) is 5.92 Å². The molecule has 1 aliphatic carbocycles. The Labute approximate surface area is 135 Å². The van der Waals surface area contributed by atoms with Crippen molar-refractivity contribution < 1.29 is 0 Å². The van der Waals surface area contributed by atoms with Gasteiger partial charge in [0.05, 0.1) is 0 Å². The Morgan fingerprint density at radius 2 is 1.41 bits per heavy atom. The van der Waals surface area contributed by atoms with Crippen LogP contribution in [0.25, 0.3) is 5.57 Å². The second-order valence-corrected chi connectivity index (χ2v) is 6.00. The van der Waals surface area contributed by atoms with Crippen LogP contribution in [0.15, 0.2) is 84.9 Å². The van der Waals surface area contributed by atoms with E-state index in [4.69, 9.17) is 11.6 Å². The molecule has 0 saturated carbocycles. The molecule has 0 N–H and O–H groups in total. The van der Waals surface area contributed by atoms with E-state index in [1.165, 1.54) is 27.8 Å². The molecule has 0 aromatic heterocycles. The van der Waals surface area contributed by atoms with E-state index in [1.807, 2.05) is 6.07 Å². The summed E-state index contributed by atoms with van der Waals surface area (Å²) in [6, 6.07) is 27.4. The molecule has 0 amide bonds. The normalized spacial score (nSPS) is 16.2. The van der Waals surface area contributed by atoms with Gasteiger partial charge in [-0.2, -0.15) is 0 Å². The quantitative estimate of drug-likeness (QED) is 0.551. The second-order valence-electron chi connectivity index (χ2n) is 5.57. The van der Waals surface area contributed by atoms with E-state index >= 15 is 0 Å². The highest BCUT2D eigenvalue weighted by molar-refractivity contribution is 6.30. The molecule has 0 bridgehead atoms. The van der Waals surface area contributed by atoms with Crippen molar-refractivity contribution in [1.82, 2.24) is 0 Å². The molecule has 0 radical (unpaired) electrons. The zero-order valence-corrected chi connectivity index (χ0v) is 12.8. The van der Waals surface area contributed by atoms with Gasteiger partial charge in [-0.15, -0.1) is 0 Å². The van der Waals surface area contributed by atoms with Gasteiger partial charge in [0.15, 0.2) is 0 Å². The first kappa shape index (κ1) is 13.4. The maximum atomic E-state index is 6.25. The third-order valence-corrected chi connectivity index (χ3v) is 4.45. The molecule has 1 atom stereocenters. The van der Waals surface area contributed by atoms with Gasteiger partial charge in [-0.1, -0.05) is 84.4 Å². The van der Waals surface area contributed by atoms with Gasteiger partial charge in [0.1, 0.15) is 0 Å². The largest absolute Gasteiger partial charge is 0.0843 e. The number of benzene rings is 3. The maximum Gasteiger partial charge on any atom is 0.0409 e. The molecule has 3 aromatic carbocycles. The summed E-state index contributed by atoms with van der Waals surface area (Å²) >= 11 is 6.25. The summed E-state index contributed by atoms with van der Waals surface area (Å²) in [5.41, 5.74) is 6.42. The van der Waals surface area contributed by atoms with E-state index in [0.29, 0.717) is 0 Å². The van der Waals surface area contributed by atoms with Crippen LogP contribution < -0.4 is 0 Å². The second kappa shape index (κ2) is 5.47. The molecule has 1 aliphatic rings. The third-order valence-electron chi connectivity index (χ3n) is 4.22.